The van der Waals surface area contributed by atoms with Gasteiger partial charge in [-0.1, -0.05) is 15.9 Å². The Morgan fingerprint density at radius 1 is 1.21 bits per heavy atom. The Hall–Kier alpha value is -2.89. The first kappa shape index (κ1) is 19.9. The van der Waals surface area contributed by atoms with Crippen molar-refractivity contribution in [2.24, 2.45) is 0 Å². The van der Waals surface area contributed by atoms with Crippen LogP contribution in [0.5, 0.6) is 11.5 Å². The van der Waals surface area contributed by atoms with Crippen LogP contribution in [0.15, 0.2) is 52.5 Å². The van der Waals surface area contributed by atoms with E-state index in [2.05, 4.69) is 32.3 Å². The number of hydrogen-bond donors (Lipinski definition) is 1. The van der Waals surface area contributed by atoms with E-state index in [1.807, 2.05) is 17.5 Å². The van der Waals surface area contributed by atoms with Crippen LogP contribution in [0.3, 0.4) is 0 Å². The minimum atomic E-state index is -0.423. The normalized spacial score (nSPS) is 11.0. The summed E-state index contributed by atoms with van der Waals surface area (Å²) in [6.07, 6.45) is 1.45. The molecule has 2 aromatic carbocycles. The zero-order valence-electron chi connectivity index (χ0n) is 15.0. The van der Waals surface area contributed by atoms with E-state index in [-0.39, 0.29) is 5.69 Å². The molecule has 142 valence electrons. The lowest BCUT2D eigenvalue weighted by Gasteiger charge is -2.08. The molecule has 0 aliphatic heterocycles. The molecule has 0 aliphatic rings. The highest BCUT2D eigenvalue weighted by molar-refractivity contribution is 9.10. The molecule has 5 nitrogen and oxygen atoms in total. The maximum absolute atomic E-state index is 13.9. The average molecular weight is 460 g/mol. The summed E-state index contributed by atoms with van der Waals surface area (Å²) in [5, 5.41) is 14.7. The molecule has 0 radical (unpaired) electrons. The van der Waals surface area contributed by atoms with E-state index in [1.54, 1.807) is 32.4 Å². The number of nitrogens with zero attached hydrogens (tertiary/aromatic N) is 2. The van der Waals surface area contributed by atoms with Crippen LogP contribution in [0.2, 0.25) is 0 Å². The van der Waals surface area contributed by atoms with Gasteiger partial charge in [0.05, 0.1) is 25.6 Å². The van der Waals surface area contributed by atoms with Crippen LogP contribution < -0.4 is 14.8 Å². The molecule has 0 unspecified atom stereocenters. The minimum absolute atomic E-state index is 0.271. The van der Waals surface area contributed by atoms with Crippen molar-refractivity contribution in [3.63, 3.8) is 0 Å². The monoisotopic (exact) mass is 459 g/mol. The Morgan fingerprint density at radius 2 is 2.00 bits per heavy atom. The summed E-state index contributed by atoms with van der Waals surface area (Å²) in [6, 6.07) is 12.2. The molecule has 0 fully saturated rings. The van der Waals surface area contributed by atoms with Crippen molar-refractivity contribution in [1.82, 2.24) is 4.98 Å². The highest BCUT2D eigenvalue weighted by atomic mass is 79.9. The number of nitriles is 1. The summed E-state index contributed by atoms with van der Waals surface area (Å²) in [6.45, 7) is 0. The Kier molecular flexibility index (Phi) is 6.29. The Bertz CT molecular complexity index is 1080. The number of anilines is 1. The summed E-state index contributed by atoms with van der Waals surface area (Å²) in [5.74, 6) is 0.797. The summed E-state index contributed by atoms with van der Waals surface area (Å²) in [4.78, 5) is 4.52. The van der Waals surface area contributed by atoms with Gasteiger partial charge < -0.3 is 14.8 Å². The molecule has 8 heteroatoms. The van der Waals surface area contributed by atoms with E-state index in [0.717, 1.165) is 5.56 Å². The third-order valence-electron chi connectivity index (χ3n) is 3.84. The van der Waals surface area contributed by atoms with Gasteiger partial charge in [0.1, 0.15) is 22.5 Å². The Labute approximate surface area is 174 Å². The highest BCUT2D eigenvalue weighted by Crippen LogP contribution is 2.33. The quantitative estimate of drug-likeness (QED) is 0.478. The number of hydrogen-bond acceptors (Lipinski definition) is 6. The SMILES string of the molecule is COc1ccc(-c2csc(/C(C#N)=C\Nc3ccc(Br)cc3F)n2)cc1OC. The van der Waals surface area contributed by atoms with E-state index < -0.39 is 5.82 Å². The number of allylic oxidation sites excluding steroid dienone is 1. The number of rotatable bonds is 6. The molecular weight excluding hydrogens is 445 g/mol. The van der Waals surface area contributed by atoms with Crippen LogP contribution >= 0.6 is 27.3 Å². The van der Waals surface area contributed by atoms with Crippen molar-refractivity contribution in [3.05, 3.63) is 63.3 Å². The van der Waals surface area contributed by atoms with Crippen molar-refractivity contribution in [3.8, 4) is 28.8 Å². The third kappa shape index (κ3) is 4.32. The van der Waals surface area contributed by atoms with Crippen molar-refractivity contribution in [1.29, 1.82) is 5.26 Å². The average Bonchev–Trinajstić information content (AvgIpc) is 3.19. The number of halogens is 2. The second-order valence-corrected chi connectivity index (χ2v) is 7.32. The van der Waals surface area contributed by atoms with E-state index in [1.165, 1.54) is 23.6 Å². The summed E-state index contributed by atoms with van der Waals surface area (Å²) in [7, 11) is 3.14. The van der Waals surface area contributed by atoms with E-state index in [4.69, 9.17) is 9.47 Å². The maximum atomic E-state index is 13.9. The molecule has 0 saturated carbocycles. The first-order valence-electron chi connectivity index (χ1n) is 8.06. The van der Waals surface area contributed by atoms with Crippen LogP contribution in [-0.2, 0) is 0 Å². The Balaban J connectivity index is 1.86. The first-order chi connectivity index (χ1) is 13.5. The molecule has 0 aliphatic carbocycles. The summed E-state index contributed by atoms with van der Waals surface area (Å²) >= 11 is 4.54. The fourth-order valence-electron chi connectivity index (χ4n) is 2.42. The second kappa shape index (κ2) is 8.87. The first-order valence-corrected chi connectivity index (χ1v) is 9.73. The molecule has 28 heavy (non-hydrogen) atoms. The molecule has 0 atom stereocenters. The van der Waals surface area contributed by atoms with Gasteiger partial charge in [0.15, 0.2) is 11.5 Å². The molecule has 0 saturated heterocycles. The third-order valence-corrected chi connectivity index (χ3v) is 5.21. The lowest BCUT2D eigenvalue weighted by atomic mass is 10.1. The van der Waals surface area contributed by atoms with Crippen molar-refractivity contribution < 1.29 is 13.9 Å². The highest BCUT2D eigenvalue weighted by Gasteiger charge is 2.12. The van der Waals surface area contributed by atoms with Gasteiger partial charge >= 0.3 is 0 Å². The standard InChI is InChI=1S/C20H15BrFN3O2S/c1-26-18-6-3-12(7-19(18)27-2)17-11-28-20(25-17)13(9-23)10-24-16-5-4-14(21)8-15(16)22/h3-8,10-11,24H,1-2H3/b13-10-. The topological polar surface area (TPSA) is 67.2 Å². The van der Waals surface area contributed by atoms with Gasteiger partial charge in [-0.25, -0.2) is 9.37 Å². The van der Waals surface area contributed by atoms with Gasteiger partial charge in [0, 0.05) is 21.6 Å². The molecule has 1 heterocycles. The lowest BCUT2D eigenvalue weighted by molar-refractivity contribution is 0.355. The zero-order chi connectivity index (χ0) is 20.1. The van der Waals surface area contributed by atoms with Crippen molar-refractivity contribution in [2.75, 3.05) is 19.5 Å². The number of thiazole rings is 1. The molecule has 0 bridgehead atoms. The van der Waals surface area contributed by atoms with Crippen LogP contribution in [0.4, 0.5) is 10.1 Å². The molecule has 3 rings (SSSR count). The van der Waals surface area contributed by atoms with Crippen LogP contribution in [0, 0.1) is 17.1 Å². The number of ether oxygens (including phenoxy) is 2. The molecule has 3 aromatic rings. The van der Waals surface area contributed by atoms with Gasteiger partial charge in [0.25, 0.3) is 0 Å². The van der Waals surface area contributed by atoms with E-state index in [0.29, 0.717) is 32.2 Å². The van der Waals surface area contributed by atoms with Gasteiger partial charge in [-0.15, -0.1) is 11.3 Å². The van der Waals surface area contributed by atoms with Gasteiger partial charge in [-0.2, -0.15) is 5.26 Å². The largest absolute Gasteiger partial charge is 0.493 e. The fourth-order valence-corrected chi connectivity index (χ4v) is 3.55. The van der Waals surface area contributed by atoms with E-state index >= 15 is 0 Å². The van der Waals surface area contributed by atoms with Gasteiger partial charge in [-0.05, 0) is 36.4 Å². The molecule has 1 N–H and O–H groups in total. The number of benzene rings is 2. The van der Waals surface area contributed by atoms with E-state index in [9.17, 15) is 9.65 Å². The summed E-state index contributed by atoms with van der Waals surface area (Å²) in [5.41, 5.74) is 2.12. The van der Waals surface area contributed by atoms with Crippen molar-refractivity contribution in [2.45, 2.75) is 0 Å². The molecule has 0 amide bonds. The second-order valence-electron chi connectivity index (χ2n) is 5.55. The fraction of sp³-hybridized carbons (Fsp3) is 0.100. The number of aromatic nitrogens is 1. The molecular formula is C20H15BrFN3O2S. The minimum Gasteiger partial charge on any atom is -0.493 e. The number of nitrogens with one attached hydrogen (secondary N) is 1. The predicted molar refractivity (Wildman–Crippen MR) is 112 cm³/mol. The van der Waals surface area contributed by atoms with Gasteiger partial charge in [-0.3, -0.25) is 0 Å². The zero-order valence-corrected chi connectivity index (χ0v) is 17.4. The lowest BCUT2D eigenvalue weighted by Crippen LogP contribution is -1.94. The summed E-state index contributed by atoms with van der Waals surface area (Å²) < 4.78 is 25.1. The maximum Gasteiger partial charge on any atom is 0.161 e. The van der Waals surface area contributed by atoms with Crippen molar-refractivity contribution >= 4 is 38.5 Å². The van der Waals surface area contributed by atoms with Crippen LogP contribution in [-0.4, -0.2) is 19.2 Å². The Morgan fingerprint density at radius 3 is 2.68 bits per heavy atom. The predicted octanol–water partition coefficient (Wildman–Crippen LogP) is 5.71. The number of methoxy groups -OCH3 is 2. The molecule has 1 aromatic heterocycles. The van der Waals surface area contributed by atoms with Crippen LogP contribution in [0.1, 0.15) is 5.01 Å². The van der Waals surface area contributed by atoms with Gasteiger partial charge in [0.2, 0.25) is 0 Å². The smallest absolute Gasteiger partial charge is 0.161 e. The molecule has 0 spiro atoms. The van der Waals surface area contributed by atoms with Crippen LogP contribution in [0.25, 0.3) is 16.8 Å².